The predicted octanol–water partition coefficient (Wildman–Crippen LogP) is 3.07. The molecule has 0 saturated heterocycles. The number of halogens is 1. The fourth-order valence-corrected chi connectivity index (χ4v) is 3.40. The Labute approximate surface area is 139 Å². The van der Waals surface area contributed by atoms with Crippen molar-refractivity contribution >= 4 is 33.4 Å². The van der Waals surface area contributed by atoms with E-state index in [2.05, 4.69) is 4.72 Å². The topological polar surface area (TPSA) is 66.4 Å². The van der Waals surface area contributed by atoms with Crippen LogP contribution in [0.5, 0.6) is 0 Å². The van der Waals surface area contributed by atoms with Gasteiger partial charge in [0.15, 0.2) is 0 Å². The second-order valence-electron chi connectivity index (χ2n) is 4.59. The number of rotatable bonds is 6. The molecule has 0 aliphatic carbocycles. The van der Waals surface area contributed by atoms with E-state index >= 15 is 0 Å². The minimum atomic E-state index is -3.67. The van der Waals surface area contributed by atoms with Gasteiger partial charge in [0, 0.05) is 16.5 Å². The molecule has 1 atom stereocenters. The minimum Gasteiger partial charge on any atom is -0.387 e. The summed E-state index contributed by atoms with van der Waals surface area (Å²) in [6.07, 6.45) is 1.06. The van der Waals surface area contributed by atoms with Crippen LogP contribution in [0.3, 0.4) is 0 Å². The van der Waals surface area contributed by atoms with Gasteiger partial charge >= 0.3 is 0 Å². The monoisotopic (exact) mass is 357 g/mol. The summed E-state index contributed by atoms with van der Waals surface area (Å²) in [6.45, 7) is -0.0937. The predicted molar refractivity (Wildman–Crippen MR) is 89.8 cm³/mol. The second kappa shape index (κ2) is 7.48. The molecule has 0 spiro atoms. The first-order chi connectivity index (χ1) is 10.4. The third-order valence-electron chi connectivity index (χ3n) is 3.09. The number of thioether (sulfide) groups is 1. The van der Waals surface area contributed by atoms with Crippen LogP contribution in [0, 0.1) is 0 Å². The lowest BCUT2D eigenvalue weighted by atomic mass is 10.1. The number of benzene rings is 2. The van der Waals surface area contributed by atoms with Crippen LogP contribution in [0.15, 0.2) is 58.3 Å². The summed E-state index contributed by atoms with van der Waals surface area (Å²) < 4.78 is 26.6. The van der Waals surface area contributed by atoms with Gasteiger partial charge in [0.1, 0.15) is 0 Å². The third kappa shape index (κ3) is 4.47. The molecular weight excluding hydrogens is 342 g/mol. The van der Waals surface area contributed by atoms with Crippen LogP contribution in [0.4, 0.5) is 0 Å². The zero-order chi connectivity index (χ0) is 16.2. The van der Waals surface area contributed by atoms with Crippen molar-refractivity contribution in [1.29, 1.82) is 0 Å². The van der Waals surface area contributed by atoms with Gasteiger partial charge in [-0.3, -0.25) is 0 Å². The van der Waals surface area contributed by atoms with Gasteiger partial charge in [0.05, 0.1) is 11.0 Å². The number of hydrogen-bond acceptors (Lipinski definition) is 4. The molecule has 0 bridgehead atoms. The summed E-state index contributed by atoms with van der Waals surface area (Å²) in [5.41, 5.74) is 0.664. The van der Waals surface area contributed by atoms with E-state index in [1.54, 1.807) is 23.9 Å². The molecular formula is C15H16ClNO3S2. The van der Waals surface area contributed by atoms with Crippen LogP contribution >= 0.6 is 23.4 Å². The van der Waals surface area contributed by atoms with Crippen molar-refractivity contribution in [3.8, 4) is 0 Å². The molecule has 2 rings (SSSR count). The Kier molecular flexibility index (Phi) is 5.88. The molecule has 7 heteroatoms. The van der Waals surface area contributed by atoms with Crippen LogP contribution < -0.4 is 4.72 Å². The molecule has 4 nitrogen and oxygen atoms in total. The summed E-state index contributed by atoms with van der Waals surface area (Å²) in [6, 6.07) is 13.2. The van der Waals surface area contributed by atoms with Gasteiger partial charge in [-0.1, -0.05) is 23.7 Å². The molecule has 2 aromatic rings. The quantitative estimate of drug-likeness (QED) is 0.780. The lowest BCUT2D eigenvalue weighted by molar-refractivity contribution is 0.182. The Morgan fingerprint density at radius 3 is 2.27 bits per heavy atom. The maximum Gasteiger partial charge on any atom is 0.240 e. The largest absolute Gasteiger partial charge is 0.387 e. The average Bonchev–Trinajstić information content (AvgIpc) is 2.53. The van der Waals surface area contributed by atoms with Crippen molar-refractivity contribution in [3.63, 3.8) is 0 Å². The van der Waals surface area contributed by atoms with Crippen molar-refractivity contribution in [2.24, 2.45) is 0 Å². The Morgan fingerprint density at radius 2 is 1.73 bits per heavy atom. The average molecular weight is 358 g/mol. The van der Waals surface area contributed by atoms with Crippen LogP contribution in [0.2, 0.25) is 5.02 Å². The highest BCUT2D eigenvalue weighted by atomic mass is 35.5. The number of sulfonamides is 1. The first kappa shape index (κ1) is 17.3. The first-order valence-corrected chi connectivity index (χ1v) is 9.58. The lowest BCUT2D eigenvalue weighted by Gasteiger charge is -2.13. The van der Waals surface area contributed by atoms with Gasteiger partial charge < -0.3 is 5.11 Å². The molecule has 0 aliphatic heterocycles. The Morgan fingerprint density at radius 1 is 1.14 bits per heavy atom. The SMILES string of the molecule is CSc1ccc(C(O)CNS(=O)(=O)c2ccc(Cl)cc2)cc1. The summed E-state index contributed by atoms with van der Waals surface area (Å²) >= 11 is 7.34. The maximum atomic E-state index is 12.1. The highest BCUT2D eigenvalue weighted by Crippen LogP contribution is 2.19. The Bertz CT molecular complexity index is 715. The standard InChI is InChI=1S/C15H16ClNO3S2/c1-21-13-6-2-11(3-7-13)15(18)10-17-22(19,20)14-8-4-12(16)5-9-14/h2-9,15,17-18H,10H2,1H3. The molecule has 22 heavy (non-hydrogen) atoms. The van der Waals surface area contributed by atoms with Crippen molar-refractivity contribution in [2.75, 3.05) is 12.8 Å². The third-order valence-corrected chi connectivity index (χ3v) is 5.53. The Hall–Kier alpha value is -1.05. The van der Waals surface area contributed by atoms with E-state index in [4.69, 9.17) is 11.6 Å². The van der Waals surface area contributed by atoms with Crippen molar-refractivity contribution in [3.05, 3.63) is 59.1 Å². The maximum absolute atomic E-state index is 12.1. The summed E-state index contributed by atoms with van der Waals surface area (Å²) in [4.78, 5) is 1.19. The highest BCUT2D eigenvalue weighted by molar-refractivity contribution is 7.98. The lowest BCUT2D eigenvalue weighted by Crippen LogP contribution is -2.28. The summed E-state index contributed by atoms with van der Waals surface area (Å²) in [5, 5.41) is 10.5. The van der Waals surface area contributed by atoms with Gasteiger partial charge in [-0.25, -0.2) is 13.1 Å². The zero-order valence-corrected chi connectivity index (χ0v) is 14.3. The zero-order valence-electron chi connectivity index (χ0n) is 11.9. The number of aliphatic hydroxyl groups excluding tert-OH is 1. The smallest absolute Gasteiger partial charge is 0.240 e. The second-order valence-corrected chi connectivity index (χ2v) is 7.68. The fraction of sp³-hybridized carbons (Fsp3) is 0.200. The van der Waals surface area contributed by atoms with Gasteiger partial charge in [0.25, 0.3) is 0 Å². The molecule has 2 N–H and O–H groups in total. The van der Waals surface area contributed by atoms with Crippen LogP contribution in [-0.4, -0.2) is 26.3 Å². The molecule has 0 amide bonds. The molecule has 0 aliphatic rings. The van der Waals surface area contributed by atoms with Crippen LogP contribution in [0.1, 0.15) is 11.7 Å². The molecule has 0 heterocycles. The van der Waals surface area contributed by atoms with Gasteiger partial charge in [-0.2, -0.15) is 0 Å². The van der Waals surface area contributed by atoms with E-state index in [-0.39, 0.29) is 11.4 Å². The number of hydrogen-bond donors (Lipinski definition) is 2. The van der Waals surface area contributed by atoms with E-state index in [0.29, 0.717) is 10.6 Å². The molecule has 0 fully saturated rings. The number of nitrogens with one attached hydrogen (secondary N) is 1. The Balaban J connectivity index is 2.02. The van der Waals surface area contributed by atoms with Gasteiger partial charge in [-0.15, -0.1) is 11.8 Å². The normalized spacial score (nSPS) is 13.0. The van der Waals surface area contributed by atoms with Gasteiger partial charge in [0.2, 0.25) is 10.0 Å². The van der Waals surface area contributed by atoms with E-state index in [0.717, 1.165) is 4.90 Å². The molecule has 0 radical (unpaired) electrons. The molecule has 1 unspecified atom stereocenters. The molecule has 0 aromatic heterocycles. The minimum absolute atomic E-state index is 0.0937. The first-order valence-electron chi connectivity index (χ1n) is 6.49. The van der Waals surface area contributed by atoms with Crippen LogP contribution in [0.25, 0.3) is 0 Å². The van der Waals surface area contributed by atoms with Crippen molar-refractivity contribution in [2.45, 2.75) is 15.9 Å². The van der Waals surface area contributed by atoms with Crippen molar-refractivity contribution < 1.29 is 13.5 Å². The summed E-state index contributed by atoms with van der Waals surface area (Å²) in [5.74, 6) is 0. The molecule has 2 aromatic carbocycles. The van der Waals surface area contributed by atoms with E-state index in [1.807, 2.05) is 18.4 Å². The molecule has 118 valence electrons. The highest BCUT2D eigenvalue weighted by Gasteiger charge is 2.16. The van der Waals surface area contributed by atoms with E-state index < -0.39 is 16.1 Å². The number of aliphatic hydroxyl groups is 1. The van der Waals surface area contributed by atoms with Crippen LogP contribution in [-0.2, 0) is 10.0 Å². The van der Waals surface area contributed by atoms with Crippen molar-refractivity contribution in [1.82, 2.24) is 4.72 Å². The summed E-state index contributed by atoms with van der Waals surface area (Å²) in [7, 11) is -3.67. The van der Waals surface area contributed by atoms with E-state index in [9.17, 15) is 13.5 Å². The molecule has 0 saturated carbocycles. The van der Waals surface area contributed by atoms with E-state index in [1.165, 1.54) is 24.3 Å². The fourth-order valence-electron chi connectivity index (χ4n) is 1.83. The van der Waals surface area contributed by atoms with Gasteiger partial charge in [-0.05, 0) is 48.2 Å².